The van der Waals surface area contributed by atoms with Crippen LogP contribution in [0.1, 0.15) is 39.5 Å². The van der Waals surface area contributed by atoms with Gasteiger partial charge in [0.25, 0.3) is 0 Å². The normalized spacial score (nSPS) is 23.3. The average molecular weight is 276 g/mol. The van der Waals surface area contributed by atoms with Crippen molar-refractivity contribution in [1.29, 1.82) is 0 Å². The van der Waals surface area contributed by atoms with E-state index < -0.39 is 0 Å². The van der Waals surface area contributed by atoms with Crippen LogP contribution in [0.2, 0.25) is 0 Å². The van der Waals surface area contributed by atoms with Crippen LogP contribution in [0.5, 0.6) is 0 Å². The summed E-state index contributed by atoms with van der Waals surface area (Å²) in [5, 5.41) is 0. The molecule has 0 aliphatic carbocycles. The number of rotatable bonds is 4. The fraction of sp³-hybridized carbons (Fsp3) is 0.818. The maximum absolute atomic E-state index is 11.8. The molecule has 2 atom stereocenters. The van der Waals surface area contributed by atoms with E-state index in [2.05, 4.69) is 22.9 Å². The Morgan fingerprint density at radius 1 is 1.60 bits per heavy atom. The third kappa shape index (κ3) is 3.03. The van der Waals surface area contributed by atoms with Crippen molar-refractivity contribution in [3.63, 3.8) is 0 Å². The highest BCUT2D eigenvalue weighted by molar-refractivity contribution is 9.10. The van der Waals surface area contributed by atoms with Gasteiger partial charge in [0.2, 0.25) is 11.8 Å². The van der Waals surface area contributed by atoms with E-state index in [0.29, 0.717) is 18.9 Å². The van der Waals surface area contributed by atoms with Crippen molar-refractivity contribution in [2.75, 3.05) is 6.54 Å². The van der Waals surface area contributed by atoms with Gasteiger partial charge in [-0.2, -0.15) is 0 Å². The summed E-state index contributed by atoms with van der Waals surface area (Å²) in [6.45, 7) is 4.66. The van der Waals surface area contributed by atoms with Crippen molar-refractivity contribution in [1.82, 2.24) is 4.90 Å². The first-order valence-corrected chi connectivity index (χ1v) is 6.50. The van der Waals surface area contributed by atoms with Gasteiger partial charge in [-0.1, -0.05) is 36.2 Å². The summed E-state index contributed by atoms with van der Waals surface area (Å²) in [4.78, 5) is 24.6. The number of hydrogen-bond donors (Lipinski definition) is 0. The number of carbonyl (C=O) groups is 2. The lowest BCUT2D eigenvalue weighted by atomic mass is 10.0. The van der Waals surface area contributed by atoms with Gasteiger partial charge in [-0.3, -0.25) is 14.5 Å². The van der Waals surface area contributed by atoms with Crippen molar-refractivity contribution in [2.24, 2.45) is 5.92 Å². The van der Waals surface area contributed by atoms with Gasteiger partial charge in [0.05, 0.1) is 4.83 Å². The standard InChI is InChI=1S/C11H18BrNO2/c1-3-5-8-6-10(14)13(7-8)11(15)9(12)4-2/h8-9H,3-7H2,1-2H3. The molecule has 0 spiro atoms. The van der Waals surface area contributed by atoms with Gasteiger partial charge in [0.15, 0.2) is 0 Å². The lowest BCUT2D eigenvalue weighted by Gasteiger charge is -2.17. The van der Waals surface area contributed by atoms with Gasteiger partial charge in [0, 0.05) is 13.0 Å². The van der Waals surface area contributed by atoms with Crippen LogP contribution in [-0.4, -0.2) is 28.1 Å². The summed E-state index contributed by atoms with van der Waals surface area (Å²) in [6.07, 6.45) is 3.38. The lowest BCUT2D eigenvalue weighted by Crippen LogP contribution is -2.37. The van der Waals surface area contributed by atoms with Crippen LogP contribution in [0.4, 0.5) is 0 Å². The Labute approximate surface area is 99.3 Å². The first-order valence-electron chi connectivity index (χ1n) is 5.58. The molecule has 0 bridgehead atoms. The van der Waals surface area contributed by atoms with Crippen LogP contribution in [0, 0.1) is 5.92 Å². The zero-order valence-electron chi connectivity index (χ0n) is 9.33. The summed E-state index contributed by atoms with van der Waals surface area (Å²) < 4.78 is 0. The second-order valence-electron chi connectivity index (χ2n) is 4.08. The molecular formula is C11H18BrNO2. The minimum absolute atomic E-state index is 0.00338. The monoisotopic (exact) mass is 275 g/mol. The topological polar surface area (TPSA) is 37.4 Å². The molecule has 86 valence electrons. The Hall–Kier alpha value is -0.380. The van der Waals surface area contributed by atoms with Crippen molar-refractivity contribution >= 4 is 27.7 Å². The molecule has 0 aromatic carbocycles. The molecule has 0 N–H and O–H groups in total. The van der Waals surface area contributed by atoms with Crippen LogP contribution in [0.15, 0.2) is 0 Å². The zero-order valence-corrected chi connectivity index (χ0v) is 10.9. The highest BCUT2D eigenvalue weighted by atomic mass is 79.9. The Kier molecular flexibility index (Phi) is 4.77. The predicted molar refractivity (Wildman–Crippen MR) is 62.7 cm³/mol. The van der Waals surface area contributed by atoms with E-state index in [9.17, 15) is 9.59 Å². The molecule has 15 heavy (non-hydrogen) atoms. The average Bonchev–Trinajstić information content (AvgIpc) is 2.58. The van der Waals surface area contributed by atoms with Crippen LogP contribution >= 0.6 is 15.9 Å². The molecule has 1 rings (SSSR count). The summed E-state index contributed by atoms with van der Waals surface area (Å²) >= 11 is 3.30. The quantitative estimate of drug-likeness (QED) is 0.739. The van der Waals surface area contributed by atoms with Gasteiger partial charge in [0.1, 0.15) is 0 Å². The Balaban J connectivity index is 2.57. The number of halogens is 1. The van der Waals surface area contributed by atoms with E-state index in [1.807, 2.05) is 6.92 Å². The van der Waals surface area contributed by atoms with Crippen molar-refractivity contribution in [3.05, 3.63) is 0 Å². The molecule has 0 aromatic rings. The second-order valence-corrected chi connectivity index (χ2v) is 5.18. The molecule has 0 aromatic heterocycles. The molecule has 1 heterocycles. The van der Waals surface area contributed by atoms with Crippen LogP contribution < -0.4 is 0 Å². The van der Waals surface area contributed by atoms with Gasteiger partial charge < -0.3 is 0 Å². The molecular weight excluding hydrogens is 258 g/mol. The fourth-order valence-corrected chi connectivity index (χ4v) is 2.19. The van der Waals surface area contributed by atoms with Gasteiger partial charge in [-0.05, 0) is 18.8 Å². The lowest BCUT2D eigenvalue weighted by molar-refractivity contribution is -0.141. The first-order chi connectivity index (χ1) is 7.10. The van der Waals surface area contributed by atoms with E-state index in [-0.39, 0.29) is 16.6 Å². The van der Waals surface area contributed by atoms with Crippen molar-refractivity contribution in [3.8, 4) is 0 Å². The van der Waals surface area contributed by atoms with Crippen LogP contribution in [-0.2, 0) is 9.59 Å². The number of amides is 2. The number of hydrogen-bond acceptors (Lipinski definition) is 2. The zero-order chi connectivity index (χ0) is 11.4. The molecule has 3 nitrogen and oxygen atoms in total. The molecule has 1 aliphatic heterocycles. The Morgan fingerprint density at radius 3 is 2.80 bits per heavy atom. The highest BCUT2D eigenvalue weighted by Gasteiger charge is 2.35. The molecule has 1 saturated heterocycles. The minimum Gasteiger partial charge on any atom is -0.281 e. The third-order valence-corrected chi connectivity index (χ3v) is 3.83. The summed E-state index contributed by atoms with van der Waals surface area (Å²) in [6, 6.07) is 0. The second kappa shape index (κ2) is 5.64. The van der Waals surface area contributed by atoms with Crippen LogP contribution in [0.3, 0.4) is 0 Å². The molecule has 0 saturated carbocycles. The summed E-state index contributed by atoms with van der Waals surface area (Å²) in [5.74, 6) is 0.306. The summed E-state index contributed by atoms with van der Waals surface area (Å²) in [7, 11) is 0. The van der Waals surface area contributed by atoms with E-state index in [4.69, 9.17) is 0 Å². The van der Waals surface area contributed by atoms with Crippen molar-refractivity contribution < 1.29 is 9.59 Å². The number of nitrogens with zero attached hydrogens (tertiary/aromatic N) is 1. The highest BCUT2D eigenvalue weighted by Crippen LogP contribution is 2.24. The summed E-state index contributed by atoms with van der Waals surface area (Å²) in [5.41, 5.74) is 0. The molecule has 4 heteroatoms. The molecule has 0 radical (unpaired) electrons. The maximum atomic E-state index is 11.8. The van der Waals surface area contributed by atoms with E-state index >= 15 is 0 Å². The Morgan fingerprint density at radius 2 is 2.27 bits per heavy atom. The number of carbonyl (C=O) groups excluding carboxylic acids is 2. The van der Waals surface area contributed by atoms with E-state index in [1.165, 1.54) is 4.90 Å². The van der Waals surface area contributed by atoms with Crippen molar-refractivity contribution in [2.45, 2.75) is 44.4 Å². The van der Waals surface area contributed by atoms with E-state index in [0.717, 1.165) is 19.3 Å². The SMILES string of the molecule is CCCC1CC(=O)N(C(=O)C(Br)CC)C1. The molecule has 2 unspecified atom stereocenters. The smallest absolute Gasteiger partial charge is 0.242 e. The fourth-order valence-electron chi connectivity index (χ4n) is 1.94. The van der Waals surface area contributed by atoms with Gasteiger partial charge in [-0.25, -0.2) is 0 Å². The van der Waals surface area contributed by atoms with Gasteiger partial charge >= 0.3 is 0 Å². The molecule has 2 amide bonds. The van der Waals surface area contributed by atoms with Gasteiger partial charge in [-0.15, -0.1) is 0 Å². The Bertz CT molecular complexity index is 255. The predicted octanol–water partition coefficient (Wildman–Crippen LogP) is 2.34. The third-order valence-electron chi connectivity index (χ3n) is 2.79. The number of imide groups is 1. The minimum atomic E-state index is -0.207. The maximum Gasteiger partial charge on any atom is 0.242 e. The molecule has 1 fully saturated rings. The first kappa shape index (κ1) is 12.7. The van der Waals surface area contributed by atoms with Crippen LogP contribution in [0.25, 0.3) is 0 Å². The largest absolute Gasteiger partial charge is 0.281 e. The number of likely N-dealkylation sites (tertiary alicyclic amines) is 1. The van der Waals surface area contributed by atoms with E-state index in [1.54, 1.807) is 0 Å². The number of alkyl halides is 1. The molecule has 1 aliphatic rings.